The first-order valence-corrected chi connectivity index (χ1v) is 11.0. The summed E-state index contributed by atoms with van der Waals surface area (Å²) in [6.07, 6.45) is 7.20. The monoisotopic (exact) mass is 386 g/mol. The van der Waals surface area contributed by atoms with Crippen molar-refractivity contribution in [2.75, 3.05) is 26.2 Å². The van der Waals surface area contributed by atoms with E-state index < -0.39 is 0 Å². The third-order valence-electron chi connectivity index (χ3n) is 7.34. The van der Waals surface area contributed by atoms with Gasteiger partial charge >= 0.3 is 0 Å². The van der Waals surface area contributed by atoms with E-state index in [2.05, 4.69) is 20.7 Å². The van der Waals surface area contributed by atoms with Gasteiger partial charge in [-0.25, -0.2) is 15.2 Å². The SMILES string of the molecule is O=C(C1CC(c2ccccc2F)NN1)N1C[C@H]2CC[C@@H](C1)N(CC1CCC1)C2. The van der Waals surface area contributed by atoms with Crippen molar-refractivity contribution in [1.82, 2.24) is 20.7 Å². The lowest BCUT2D eigenvalue weighted by Gasteiger charge is -2.40. The molecule has 6 rings (SSSR count). The highest BCUT2D eigenvalue weighted by Gasteiger charge is 2.41. The van der Waals surface area contributed by atoms with Gasteiger partial charge in [0.1, 0.15) is 11.9 Å². The number of nitrogens with zero attached hydrogens (tertiary/aromatic N) is 2. The second-order valence-electron chi connectivity index (χ2n) is 9.24. The number of halogens is 1. The second-order valence-corrected chi connectivity index (χ2v) is 9.24. The molecule has 6 heteroatoms. The van der Waals surface area contributed by atoms with Crippen LogP contribution in [0, 0.1) is 17.7 Å². The molecule has 1 aromatic carbocycles. The van der Waals surface area contributed by atoms with Crippen LogP contribution in [-0.2, 0) is 4.79 Å². The van der Waals surface area contributed by atoms with Gasteiger partial charge in [0.05, 0.1) is 6.04 Å². The predicted octanol–water partition coefficient (Wildman–Crippen LogP) is 2.46. The molecule has 28 heavy (non-hydrogen) atoms. The molecular formula is C22H31FN4O. The minimum absolute atomic E-state index is 0.158. The highest BCUT2D eigenvalue weighted by molar-refractivity contribution is 5.82. The summed E-state index contributed by atoms with van der Waals surface area (Å²) in [5.41, 5.74) is 6.91. The minimum atomic E-state index is -0.276. The average Bonchev–Trinajstić information content (AvgIpc) is 2.97. The third kappa shape index (κ3) is 3.58. The smallest absolute Gasteiger partial charge is 0.241 e. The molecule has 4 heterocycles. The Morgan fingerprint density at radius 2 is 1.93 bits per heavy atom. The molecule has 2 N–H and O–H groups in total. The number of fused-ring (bicyclic) bond motifs is 4. The number of benzene rings is 1. The van der Waals surface area contributed by atoms with Gasteiger partial charge in [-0.3, -0.25) is 9.69 Å². The highest BCUT2D eigenvalue weighted by Crippen LogP contribution is 2.34. The molecule has 0 aromatic heterocycles. The minimum Gasteiger partial charge on any atom is -0.339 e. The van der Waals surface area contributed by atoms with Gasteiger partial charge in [0, 0.05) is 37.8 Å². The largest absolute Gasteiger partial charge is 0.339 e. The summed E-state index contributed by atoms with van der Waals surface area (Å²) in [7, 11) is 0. The Bertz CT molecular complexity index is 724. The van der Waals surface area contributed by atoms with Crippen molar-refractivity contribution in [3.8, 4) is 0 Å². The van der Waals surface area contributed by atoms with Crippen molar-refractivity contribution in [2.45, 2.75) is 56.7 Å². The number of hydrazine groups is 1. The van der Waals surface area contributed by atoms with Gasteiger partial charge in [0.2, 0.25) is 5.91 Å². The Hall–Kier alpha value is -1.50. The summed E-state index contributed by atoms with van der Waals surface area (Å²) in [4.78, 5) is 18.0. The third-order valence-corrected chi connectivity index (χ3v) is 7.34. The van der Waals surface area contributed by atoms with Crippen molar-refractivity contribution in [3.63, 3.8) is 0 Å². The summed E-state index contributed by atoms with van der Waals surface area (Å²) >= 11 is 0. The molecule has 1 aromatic rings. The van der Waals surface area contributed by atoms with Crippen molar-refractivity contribution < 1.29 is 9.18 Å². The van der Waals surface area contributed by atoms with Gasteiger partial charge in [-0.1, -0.05) is 24.6 Å². The molecule has 4 atom stereocenters. The zero-order valence-corrected chi connectivity index (χ0v) is 16.4. The fraction of sp³-hybridized carbons (Fsp3) is 0.682. The van der Waals surface area contributed by atoms with E-state index >= 15 is 0 Å². The summed E-state index contributed by atoms with van der Waals surface area (Å²) < 4.78 is 14.1. The number of amides is 1. The summed E-state index contributed by atoms with van der Waals surface area (Å²) in [5, 5.41) is 0. The zero-order valence-electron chi connectivity index (χ0n) is 16.4. The molecule has 152 valence electrons. The van der Waals surface area contributed by atoms with Crippen LogP contribution in [0.2, 0.25) is 0 Å². The van der Waals surface area contributed by atoms with Crippen molar-refractivity contribution in [3.05, 3.63) is 35.6 Å². The average molecular weight is 387 g/mol. The number of piperidine rings is 1. The van der Waals surface area contributed by atoms with E-state index in [1.165, 1.54) is 44.7 Å². The number of rotatable bonds is 4. The van der Waals surface area contributed by atoms with Crippen LogP contribution in [0.3, 0.4) is 0 Å². The number of carbonyl (C=O) groups excluding carboxylic acids is 1. The van der Waals surface area contributed by atoms with Crippen LogP contribution in [0.25, 0.3) is 0 Å². The molecule has 0 radical (unpaired) electrons. The lowest BCUT2D eigenvalue weighted by Crippen LogP contribution is -2.49. The summed E-state index contributed by atoms with van der Waals surface area (Å²) in [6.45, 7) is 4.10. The number of nitrogens with one attached hydrogen (secondary N) is 2. The molecule has 0 spiro atoms. The Morgan fingerprint density at radius 3 is 2.71 bits per heavy atom. The van der Waals surface area contributed by atoms with Crippen molar-refractivity contribution in [1.29, 1.82) is 0 Å². The Labute approximate surface area is 166 Å². The van der Waals surface area contributed by atoms with Gasteiger partial charge in [0.25, 0.3) is 0 Å². The Balaban J connectivity index is 1.23. The molecule has 5 aliphatic rings. The van der Waals surface area contributed by atoms with Gasteiger partial charge in [-0.05, 0) is 50.0 Å². The first kappa shape index (κ1) is 18.5. The fourth-order valence-corrected chi connectivity index (χ4v) is 5.49. The molecule has 4 saturated heterocycles. The zero-order chi connectivity index (χ0) is 19.1. The maximum atomic E-state index is 14.1. The van der Waals surface area contributed by atoms with E-state index in [0.29, 0.717) is 23.9 Å². The summed E-state index contributed by atoms with van der Waals surface area (Å²) in [5.74, 6) is 1.44. The van der Waals surface area contributed by atoms with Gasteiger partial charge in [-0.2, -0.15) is 0 Å². The predicted molar refractivity (Wildman–Crippen MR) is 106 cm³/mol. The van der Waals surface area contributed by atoms with E-state index in [1.54, 1.807) is 12.1 Å². The molecule has 1 aliphatic carbocycles. The van der Waals surface area contributed by atoms with E-state index in [0.717, 1.165) is 25.6 Å². The Morgan fingerprint density at radius 1 is 1.07 bits per heavy atom. The van der Waals surface area contributed by atoms with Gasteiger partial charge in [-0.15, -0.1) is 0 Å². The van der Waals surface area contributed by atoms with Crippen LogP contribution in [0.1, 0.15) is 50.1 Å². The van der Waals surface area contributed by atoms with Crippen LogP contribution in [-0.4, -0.2) is 54.0 Å². The molecule has 5 fully saturated rings. The molecular weight excluding hydrogens is 355 g/mol. The lowest BCUT2D eigenvalue weighted by atomic mass is 9.83. The topological polar surface area (TPSA) is 47.6 Å². The number of hydrogen-bond donors (Lipinski definition) is 2. The molecule has 1 saturated carbocycles. The molecule has 4 aliphatic heterocycles. The highest BCUT2D eigenvalue weighted by atomic mass is 19.1. The number of carbonyl (C=O) groups is 1. The van der Waals surface area contributed by atoms with E-state index in [-0.39, 0.29) is 23.8 Å². The molecule has 2 unspecified atom stereocenters. The van der Waals surface area contributed by atoms with E-state index in [9.17, 15) is 9.18 Å². The maximum absolute atomic E-state index is 14.1. The van der Waals surface area contributed by atoms with Crippen LogP contribution in [0.5, 0.6) is 0 Å². The van der Waals surface area contributed by atoms with Crippen LogP contribution < -0.4 is 10.9 Å². The first-order chi connectivity index (χ1) is 13.7. The normalized spacial score (nSPS) is 33.7. The van der Waals surface area contributed by atoms with E-state index in [1.807, 2.05) is 6.07 Å². The van der Waals surface area contributed by atoms with Crippen LogP contribution >= 0.6 is 0 Å². The quantitative estimate of drug-likeness (QED) is 0.835. The standard InChI is InChI=1S/C22H31FN4O/c23-19-7-2-1-6-18(19)20-10-21(25-24-20)22(28)27-13-16-8-9-17(14-27)26(12-16)11-15-4-3-5-15/h1-2,6-7,15-17,20-21,24-25H,3-5,8-14H2/t16-,17-,20?,21?/m0/s1. The van der Waals surface area contributed by atoms with E-state index in [4.69, 9.17) is 0 Å². The maximum Gasteiger partial charge on any atom is 0.241 e. The summed E-state index contributed by atoms with van der Waals surface area (Å²) in [6, 6.07) is 6.91. The van der Waals surface area contributed by atoms with Gasteiger partial charge in [0.15, 0.2) is 0 Å². The lowest BCUT2D eigenvalue weighted by molar-refractivity contribution is -0.133. The second kappa shape index (κ2) is 7.73. The molecule has 2 bridgehead atoms. The van der Waals surface area contributed by atoms with Crippen LogP contribution in [0.4, 0.5) is 4.39 Å². The van der Waals surface area contributed by atoms with Gasteiger partial charge < -0.3 is 4.90 Å². The Kier molecular flexibility index (Phi) is 5.11. The molecule has 5 nitrogen and oxygen atoms in total. The first-order valence-electron chi connectivity index (χ1n) is 11.0. The molecule has 1 amide bonds. The number of hydrogen-bond acceptors (Lipinski definition) is 4. The fourth-order valence-electron chi connectivity index (χ4n) is 5.49. The van der Waals surface area contributed by atoms with Crippen molar-refractivity contribution in [2.24, 2.45) is 11.8 Å². The van der Waals surface area contributed by atoms with Crippen LogP contribution in [0.15, 0.2) is 24.3 Å². The van der Waals surface area contributed by atoms with Crippen molar-refractivity contribution >= 4 is 5.91 Å².